The maximum atomic E-state index is 12.8. The van der Waals surface area contributed by atoms with E-state index in [1.807, 2.05) is 0 Å². The fraction of sp³-hybridized carbons (Fsp3) is 0.817. The lowest BCUT2D eigenvalue weighted by molar-refractivity contribution is -0.167. The van der Waals surface area contributed by atoms with Crippen LogP contribution in [-0.4, -0.2) is 37.2 Å². The molecule has 0 aliphatic carbocycles. The van der Waals surface area contributed by atoms with Gasteiger partial charge >= 0.3 is 17.9 Å². The first kappa shape index (κ1) is 63.4. The second-order valence-electron chi connectivity index (χ2n) is 19.2. The van der Waals surface area contributed by atoms with Crippen LogP contribution in [0.2, 0.25) is 0 Å². The first-order chi connectivity index (χ1) is 32.5. The van der Waals surface area contributed by atoms with Crippen LogP contribution in [0.4, 0.5) is 0 Å². The SMILES string of the molecule is CCCCCCC/C=C\C/C=C\C/C=C\CCCCCCCCCCCCC(=O)OCC(COC(=O)CCCCCCCC)OC(=O)CCCCCCCCC/C=C\CCCCCCCC. The van der Waals surface area contributed by atoms with E-state index in [-0.39, 0.29) is 31.1 Å². The van der Waals surface area contributed by atoms with Crippen LogP contribution in [-0.2, 0) is 28.6 Å². The van der Waals surface area contributed by atoms with Crippen LogP contribution in [0.5, 0.6) is 0 Å². The van der Waals surface area contributed by atoms with Crippen LogP contribution in [0.15, 0.2) is 48.6 Å². The molecule has 1 atom stereocenters. The first-order valence-corrected chi connectivity index (χ1v) is 28.6. The van der Waals surface area contributed by atoms with Gasteiger partial charge in [0, 0.05) is 19.3 Å². The van der Waals surface area contributed by atoms with Gasteiger partial charge in [0.05, 0.1) is 0 Å². The zero-order chi connectivity index (χ0) is 47.9. The maximum Gasteiger partial charge on any atom is 0.306 e. The molecule has 0 heterocycles. The second-order valence-corrected chi connectivity index (χ2v) is 19.2. The van der Waals surface area contributed by atoms with Gasteiger partial charge < -0.3 is 14.2 Å². The molecule has 0 radical (unpaired) electrons. The maximum absolute atomic E-state index is 12.8. The molecule has 6 heteroatoms. The lowest BCUT2D eigenvalue weighted by atomic mass is 10.1. The zero-order valence-electron chi connectivity index (χ0n) is 44.0. The summed E-state index contributed by atoms with van der Waals surface area (Å²) >= 11 is 0. The van der Waals surface area contributed by atoms with Gasteiger partial charge in [0.15, 0.2) is 6.10 Å². The number of esters is 3. The summed E-state index contributed by atoms with van der Waals surface area (Å²) in [6.07, 6.45) is 67.0. The van der Waals surface area contributed by atoms with Crippen LogP contribution in [0.3, 0.4) is 0 Å². The normalized spacial score (nSPS) is 12.3. The highest BCUT2D eigenvalue weighted by Crippen LogP contribution is 2.15. The van der Waals surface area contributed by atoms with Crippen LogP contribution >= 0.6 is 0 Å². The van der Waals surface area contributed by atoms with E-state index in [9.17, 15) is 14.4 Å². The van der Waals surface area contributed by atoms with Crippen molar-refractivity contribution in [2.24, 2.45) is 0 Å². The van der Waals surface area contributed by atoms with Gasteiger partial charge in [-0.2, -0.15) is 0 Å². The quantitative estimate of drug-likeness (QED) is 0.0262. The minimum absolute atomic E-state index is 0.0748. The molecule has 66 heavy (non-hydrogen) atoms. The van der Waals surface area contributed by atoms with E-state index in [0.29, 0.717) is 19.3 Å². The van der Waals surface area contributed by atoms with Crippen molar-refractivity contribution in [3.63, 3.8) is 0 Å². The summed E-state index contributed by atoms with van der Waals surface area (Å²) < 4.78 is 16.8. The summed E-state index contributed by atoms with van der Waals surface area (Å²) in [5.74, 6) is -0.882. The molecule has 384 valence electrons. The number of hydrogen-bond donors (Lipinski definition) is 0. The van der Waals surface area contributed by atoms with Gasteiger partial charge in [-0.1, -0.05) is 243 Å². The van der Waals surface area contributed by atoms with Gasteiger partial charge in [0.1, 0.15) is 13.2 Å². The molecular formula is C60H108O6. The zero-order valence-corrected chi connectivity index (χ0v) is 44.0. The number of carbonyl (C=O) groups excluding carboxylic acids is 3. The third-order valence-electron chi connectivity index (χ3n) is 12.6. The number of hydrogen-bond acceptors (Lipinski definition) is 6. The predicted molar refractivity (Wildman–Crippen MR) is 284 cm³/mol. The third kappa shape index (κ3) is 52.3. The van der Waals surface area contributed by atoms with E-state index in [0.717, 1.165) is 70.6 Å². The van der Waals surface area contributed by atoms with Crippen molar-refractivity contribution in [1.29, 1.82) is 0 Å². The molecule has 0 rings (SSSR count). The average Bonchev–Trinajstić information content (AvgIpc) is 3.31. The van der Waals surface area contributed by atoms with E-state index in [1.165, 1.54) is 186 Å². The Hall–Kier alpha value is -2.63. The minimum Gasteiger partial charge on any atom is -0.462 e. The number of carbonyl (C=O) groups is 3. The number of allylic oxidation sites excluding steroid dienone is 8. The van der Waals surface area contributed by atoms with Crippen molar-refractivity contribution in [1.82, 2.24) is 0 Å². The molecular weight excluding hydrogens is 817 g/mol. The van der Waals surface area contributed by atoms with Crippen LogP contribution < -0.4 is 0 Å². The van der Waals surface area contributed by atoms with Gasteiger partial charge in [0.25, 0.3) is 0 Å². The van der Waals surface area contributed by atoms with E-state index in [1.54, 1.807) is 0 Å². The Kier molecular flexibility index (Phi) is 52.8. The largest absolute Gasteiger partial charge is 0.462 e. The van der Waals surface area contributed by atoms with E-state index in [2.05, 4.69) is 69.4 Å². The highest BCUT2D eigenvalue weighted by atomic mass is 16.6. The second kappa shape index (κ2) is 55.0. The van der Waals surface area contributed by atoms with Crippen LogP contribution in [0.1, 0.15) is 297 Å². The van der Waals surface area contributed by atoms with Crippen LogP contribution in [0.25, 0.3) is 0 Å². The predicted octanol–water partition coefficient (Wildman–Crippen LogP) is 19.0. The smallest absolute Gasteiger partial charge is 0.306 e. The molecule has 0 aliphatic rings. The van der Waals surface area contributed by atoms with Gasteiger partial charge in [-0.25, -0.2) is 0 Å². The Balaban J connectivity index is 4.13. The van der Waals surface area contributed by atoms with Crippen LogP contribution in [0, 0.1) is 0 Å². The summed E-state index contributed by atoms with van der Waals surface area (Å²) in [7, 11) is 0. The van der Waals surface area contributed by atoms with Crippen molar-refractivity contribution in [2.45, 2.75) is 303 Å². The van der Waals surface area contributed by atoms with Gasteiger partial charge in [0.2, 0.25) is 0 Å². The Morgan fingerprint density at radius 2 is 0.545 bits per heavy atom. The Morgan fingerprint density at radius 1 is 0.303 bits per heavy atom. The number of rotatable bonds is 52. The molecule has 6 nitrogen and oxygen atoms in total. The molecule has 0 saturated carbocycles. The summed E-state index contributed by atoms with van der Waals surface area (Å²) in [6.45, 7) is 6.58. The first-order valence-electron chi connectivity index (χ1n) is 28.6. The van der Waals surface area contributed by atoms with Crippen molar-refractivity contribution in [2.75, 3.05) is 13.2 Å². The summed E-state index contributed by atoms with van der Waals surface area (Å²) in [4.78, 5) is 37.8. The molecule has 0 N–H and O–H groups in total. The average molecular weight is 926 g/mol. The fourth-order valence-electron chi connectivity index (χ4n) is 8.21. The topological polar surface area (TPSA) is 78.9 Å². The molecule has 1 unspecified atom stereocenters. The van der Waals surface area contributed by atoms with Crippen molar-refractivity contribution >= 4 is 17.9 Å². The monoisotopic (exact) mass is 925 g/mol. The summed E-state index contributed by atoms with van der Waals surface area (Å²) in [6, 6.07) is 0. The summed E-state index contributed by atoms with van der Waals surface area (Å²) in [5, 5.41) is 0. The van der Waals surface area contributed by atoms with Crippen molar-refractivity contribution in [3.8, 4) is 0 Å². The summed E-state index contributed by atoms with van der Waals surface area (Å²) in [5.41, 5.74) is 0. The lowest BCUT2D eigenvalue weighted by Crippen LogP contribution is -2.30. The van der Waals surface area contributed by atoms with Gasteiger partial charge in [-0.3, -0.25) is 14.4 Å². The van der Waals surface area contributed by atoms with Crippen molar-refractivity contribution < 1.29 is 28.6 Å². The lowest BCUT2D eigenvalue weighted by Gasteiger charge is -2.18. The molecule has 0 aromatic carbocycles. The Labute approximate surface area is 409 Å². The molecule has 0 spiro atoms. The van der Waals surface area contributed by atoms with E-state index >= 15 is 0 Å². The van der Waals surface area contributed by atoms with Gasteiger partial charge in [-0.05, 0) is 83.5 Å². The highest BCUT2D eigenvalue weighted by molar-refractivity contribution is 5.71. The third-order valence-corrected chi connectivity index (χ3v) is 12.6. The molecule has 0 bridgehead atoms. The number of ether oxygens (including phenoxy) is 3. The standard InChI is InChI=1S/C60H108O6/c1-4-7-10-13-16-18-20-22-24-26-27-28-29-30-31-32-33-35-36-38-40-42-44-47-50-53-59(62)65-56-57(55-64-58(61)52-49-46-15-12-9-6-3)66-60(63)54-51-48-45-43-41-39-37-34-25-23-21-19-17-14-11-8-5-2/h20,22-23,25-27,29-30,57H,4-19,21,24,28,31-56H2,1-3H3/b22-20-,25-23-,27-26-,30-29-. The molecule has 0 aromatic heterocycles. The minimum atomic E-state index is -0.772. The number of unbranched alkanes of at least 4 members (excludes halogenated alkanes) is 33. The van der Waals surface area contributed by atoms with Gasteiger partial charge in [-0.15, -0.1) is 0 Å². The molecule has 0 amide bonds. The molecule has 0 aromatic rings. The highest BCUT2D eigenvalue weighted by Gasteiger charge is 2.19. The molecule has 0 aliphatic heterocycles. The fourth-order valence-corrected chi connectivity index (χ4v) is 8.21. The Bertz CT molecular complexity index is 1150. The Morgan fingerprint density at radius 3 is 0.864 bits per heavy atom. The van der Waals surface area contributed by atoms with E-state index in [4.69, 9.17) is 14.2 Å². The molecule has 0 saturated heterocycles. The van der Waals surface area contributed by atoms with E-state index < -0.39 is 6.10 Å². The van der Waals surface area contributed by atoms with Crippen molar-refractivity contribution in [3.05, 3.63) is 48.6 Å². The molecule has 0 fully saturated rings.